The first-order valence-corrected chi connectivity index (χ1v) is 7.29. The highest BCUT2D eigenvalue weighted by molar-refractivity contribution is 7.99. The molecule has 100 valence electrons. The fourth-order valence-corrected chi connectivity index (χ4v) is 2.85. The van der Waals surface area contributed by atoms with Crippen LogP contribution in [0.15, 0.2) is 46.7 Å². The Morgan fingerprint density at radius 2 is 1.89 bits per heavy atom. The molecule has 0 bridgehead atoms. The average Bonchev–Trinajstić information content (AvgIpc) is 2.44. The highest BCUT2D eigenvalue weighted by Crippen LogP contribution is 2.32. The number of nitrogens with zero attached hydrogens (tertiary/aromatic N) is 2. The summed E-state index contributed by atoms with van der Waals surface area (Å²) in [7, 11) is 2.00. The van der Waals surface area contributed by atoms with E-state index >= 15 is 0 Å². The lowest BCUT2D eigenvalue weighted by Crippen LogP contribution is -2.15. The van der Waals surface area contributed by atoms with E-state index < -0.39 is 0 Å². The van der Waals surface area contributed by atoms with Crippen molar-refractivity contribution in [1.82, 2.24) is 15.3 Å². The molecule has 0 aliphatic carbocycles. The molecule has 2 aromatic rings. The largest absolute Gasteiger partial charge is 0.313 e. The van der Waals surface area contributed by atoms with E-state index in [0.29, 0.717) is 6.04 Å². The molecular formula is C15H19N3S. The van der Waals surface area contributed by atoms with E-state index in [0.717, 1.165) is 17.1 Å². The minimum absolute atomic E-state index is 0.370. The van der Waals surface area contributed by atoms with E-state index in [-0.39, 0.29) is 0 Å². The van der Waals surface area contributed by atoms with E-state index in [2.05, 4.69) is 46.5 Å². The summed E-state index contributed by atoms with van der Waals surface area (Å²) < 4.78 is 0. The van der Waals surface area contributed by atoms with Gasteiger partial charge in [0.05, 0.1) is 0 Å². The third-order valence-corrected chi connectivity index (χ3v) is 3.99. The van der Waals surface area contributed by atoms with Crippen LogP contribution in [0.1, 0.15) is 30.5 Å². The smallest absolute Gasteiger partial charge is 0.192 e. The zero-order valence-electron chi connectivity index (χ0n) is 11.6. The van der Waals surface area contributed by atoms with E-state index in [1.54, 1.807) is 11.8 Å². The molecule has 1 atom stereocenters. The van der Waals surface area contributed by atoms with Gasteiger partial charge in [0.15, 0.2) is 5.16 Å². The molecule has 1 heterocycles. The number of nitrogens with one attached hydrogen (secondary N) is 1. The molecular weight excluding hydrogens is 254 g/mol. The van der Waals surface area contributed by atoms with Crippen LogP contribution in [-0.2, 0) is 0 Å². The van der Waals surface area contributed by atoms with Crippen molar-refractivity contribution in [3.63, 3.8) is 0 Å². The fourth-order valence-electron chi connectivity index (χ4n) is 1.97. The minimum Gasteiger partial charge on any atom is -0.313 e. The molecule has 2 rings (SSSR count). The van der Waals surface area contributed by atoms with E-state index in [1.807, 2.05) is 26.4 Å². The van der Waals surface area contributed by atoms with Gasteiger partial charge in [0.1, 0.15) is 0 Å². The van der Waals surface area contributed by atoms with E-state index in [4.69, 9.17) is 0 Å². The predicted octanol–water partition coefficient (Wildman–Crippen LogP) is 3.61. The molecule has 0 spiro atoms. The molecule has 0 aliphatic heterocycles. The zero-order chi connectivity index (χ0) is 13.7. The van der Waals surface area contributed by atoms with Gasteiger partial charge < -0.3 is 5.32 Å². The van der Waals surface area contributed by atoms with Gasteiger partial charge in [-0.2, -0.15) is 0 Å². The number of aryl methyl sites for hydroxylation is 1. The van der Waals surface area contributed by atoms with Crippen LogP contribution in [0, 0.1) is 6.92 Å². The lowest BCUT2D eigenvalue weighted by atomic mass is 10.1. The summed E-state index contributed by atoms with van der Waals surface area (Å²) in [5.41, 5.74) is 2.39. The summed E-state index contributed by atoms with van der Waals surface area (Å²) in [5.74, 6) is 0. The van der Waals surface area contributed by atoms with Gasteiger partial charge >= 0.3 is 0 Å². The third kappa shape index (κ3) is 3.55. The summed E-state index contributed by atoms with van der Waals surface area (Å²) in [5, 5.41) is 4.14. The average molecular weight is 273 g/mol. The molecule has 3 nitrogen and oxygen atoms in total. The topological polar surface area (TPSA) is 37.8 Å². The number of rotatable bonds is 5. The summed E-state index contributed by atoms with van der Waals surface area (Å²) in [6.07, 6.45) is 4.77. The summed E-state index contributed by atoms with van der Waals surface area (Å²) in [6.45, 7) is 4.18. The Bertz CT molecular complexity index is 521. The first kappa shape index (κ1) is 14.0. The summed E-state index contributed by atoms with van der Waals surface area (Å²) in [6, 6.07) is 8.80. The number of benzene rings is 1. The van der Waals surface area contributed by atoms with Crippen LogP contribution >= 0.6 is 11.8 Å². The van der Waals surface area contributed by atoms with E-state index in [1.165, 1.54) is 10.5 Å². The molecule has 1 aromatic carbocycles. The maximum Gasteiger partial charge on any atom is 0.192 e. The molecule has 1 N–H and O–H groups in total. The quantitative estimate of drug-likeness (QED) is 0.845. The Morgan fingerprint density at radius 1 is 1.21 bits per heavy atom. The van der Waals surface area contributed by atoms with Crippen molar-refractivity contribution in [2.24, 2.45) is 0 Å². The Balaban J connectivity index is 2.27. The van der Waals surface area contributed by atoms with Crippen LogP contribution in [0.5, 0.6) is 0 Å². The second-order valence-electron chi connectivity index (χ2n) is 4.43. The first-order valence-electron chi connectivity index (χ1n) is 6.47. The molecule has 0 saturated carbocycles. The van der Waals surface area contributed by atoms with Gasteiger partial charge in [0.2, 0.25) is 0 Å². The number of hydrogen-bond acceptors (Lipinski definition) is 4. The van der Waals surface area contributed by atoms with Crippen LogP contribution < -0.4 is 5.32 Å². The molecule has 0 aliphatic rings. The summed E-state index contributed by atoms with van der Waals surface area (Å²) >= 11 is 1.62. The Labute approximate surface area is 118 Å². The van der Waals surface area contributed by atoms with Crippen molar-refractivity contribution in [1.29, 1.82) is 0 Å². The molecule has 0 saturated heterocycles. The van der Waals surface area contributed by atoms with Gasteiger partial charge in [-0.25, -0.2) is 9.97 Å². The first-order chi connectivity index (χ1) is 9.24. The molecule has 0 fully saturated rings. The van der Waals surface area contributed by atoms with Gasteiger partial charge in [-0.1, -0.05) is 25.1 Å². The predicted molar refractivity (Wildman–Crippen MR) is 79.4 cm³/mol. The van der Waals surface area contributed by atoms with Crippen LogP contribution in [0.3, 0.4) is 0 Å². The van der Waals surface area contributed by atoms with Crippen molar-refractivity contribution >= 4 is 11.8 Å². The Morgan fingerprint density at radius 3 is 2.53 bits per heavy atom. The highest BCUT2D eigenvalue weighted by Gasteiger charge is 2.12. The standard InChI is InChI=1S/C15H19N3S/c1-4-13(16-3)12-7-5-6-8-14(12)19-15-17-9-11(2)10-18-15/h5-10,13,16H,4H2,1-3H3. The van der Waals surface area contributed by atoms with Gasteiger partial charge in [0, 0.05) is 23.3 Å². The Kier molecular flexibility index (Phi) is 4.93. The SMILES string of the molecule is CCC(NC)c1ccccc1Sc1ncc(C)cn1. The third-order valence-electron chi connectivity index (χ3n) is 3.01. The van der Waals surface area contributed by atoms with Crippen molar-refractivity contribution < 1.29 is 0 Å². The monoisotopic (exact) mass is 273 g/mol. The zero-order valence-corrected chi connectivity index (χ0v) is 12.4. The normalized spacial score (nSPS) is 12.4. The maximum atomic E-state index is 4.36. The molecule has 19 heavy (non-hydrogen) atoms. The molecule has 1 aromatic heterocycles. The maximum absolute atomic E-state index is 4.36. The Hall–Kier alpha value is -1.39. The van der Waals surface area contributed by atoms with Crippen molar-refractivity contribution in [2.45, 2.75) is 36.4 Å². The second kappa shape index (κ2) is 6.68. The molecule has 0 amide bonds. The summed E-state index contributed by atoms with van der Waals surface area (Å²) in [4.78, 5) is 9.93. The van der Waals surface area contributed by atoms with Crippen LogP contribution in [0.2, 0.25) is 0 Å². The lowest BCUT2D eigenvalue weighted by molar-refractivity contribution is 0.568. The number of aromatic nitrogens is 2. The van der Waals surface area contributed by atoms with Crippen molar-refractivity contribution in [3.8, 4) is 0 Å². The highest BCUT2D eigenvalue weighted by atomic mass is 32.2. The molecule has 0 radical (unpaired) electrons. The van der Waals surface area contributed by atoms with E-state index in [9.17, 15) is 0 Å². The minimum atomic E-state index is 0.370. The molecule has 4 heteroatoms. The van der Waals surface area contributed by atoms with Gasteiger partial charge in [-0.05, 0) is 49.3 Å². The van der Waals surface area contributed by atoms with Gasteiger partial charge in [-0.3, -0.25) is 0 Å². The van der Waals surface area contributed by atoms with Gasteiger partial charge in [0.25, 0.3) is 0 Å². The second-order valence-corrected chi connectivity index (χ2v) is 5.44. The van der Waals surface area contributed by atoms with Crippen molar-refractivity contribution in [2.75, 3.05) is 7.05 Å². The van der Waals surface area contributed by atoms with Crippen molar-refractivity contribution in [3.05, 3.63) is 47.8 Å². The van der Waals surface area contributed by atoms with Crippen LogP contribution in [0.25, 0.3) is 0 Å². The fraction of sp³-hybridized carbons (Fsp3) is 0.333. The van der Waals surface area contributed by atoms with Crippen LogP contribution in [0.4, 0.5) is 0 Å². The molecule has 1 unspecified atom stereocenters. The van der Waals surface area contributed by atoms with Crippen LogP contribution in [-0.4, -0.2) is 17.0 Å². The lowest BCUT2D eigenvalue weighted by Gasteiger charge is -2.17. The van der Waals surface area contributed by atoms with Gasteiger partial charge in [-0.15, -0.1) is 0 Å². The number of hydrogen-bond donors (Lipinski definition) is 1.